The zero-order valence-electron chi connectivity index (χ0n) is 13.7. The number of aromatic hydroxyl groups is 1. The zero-order valence-corrected chi connectivity index (χ0v) is 13.7. The first-order chi connectivity index (χ1) is 12.7. The summed E-state index contributed by atoms with van der Waals surface area (Å²) >= 11 is 0. The lowest BCUT2D eigenvalue weighted by Crippen LogP contribution is -2.02. The Bertz CT molecular complexity index is 1160. The van der Waals surface area contributed by atoms with Crippen molar-refractivity contribution < 1.29 is 9.52 Å². The number of fused-ring (bicyclic) bond motifs is 1. The largest absolute Gasteiger partial charge is 0.508 e. The van der Waals surface area contributed by atoms with Gasteiger partial charge < -0.3 is 9.52 Å². The van der Waals surface area contributed by atoms with Crippen LogP contribution in [-0.4, -0.2) is 16.3 Å². The van der Waals surface area contributed by atoms with Gasteiger partial charge in [-0.3, -0.25) is 4.99 Å². The first-order valence-corrected chi connectivity index (χ1v) is 8.03. The van der Waals surface area contributed by atoms with Crippen molar-refractivity contribution in [3.05, 3.63) is 88.8 Å². The number of hydrogen-bond donors (Lipinski definition) is 1. The summed E-state index contributed by atoms with van der Waals surface area (Å²) in [6.45, 7) is 0. The molecule has 0 saturated carbocycles. The molecule has 0 aliphatic heterocycles. The van der Waals surface area contributed by atoms with Crippen LogP contribution in [0.15, 0.2) is 87.0 Å². The molecule has 1 heterocycles. The molecule has 0 amide bonds. The molecular weight excluding hydrogens is 328 g/mol. The number of aliphatic imine (C=N–C) groups is 1. The molecule has 4 rings (SSSR count). The van der Waals surface area contributed by atoms with E-state index in [2.05, 4.69) is 9.98 Å². The standard InChI is InChI=1S/C21H14N2O3/c24-15-11-9-14(10-12-15)13-22-18-7-3-1-5-16(18)20-23-19-8-4-2-6-17(19)21(25)26-20/h1-13,24H. The summed E-state index contributed by atoms with van der Waals surface area (Å²) < 4.78 is 5.41. The highest BCUT2D eigenvalue weighted by molar-refractivity contribution is 5.85. The average Bonchev–Trinajstić information content (AvgIpc) is 2.68. The second-order valence-corrected chi connectivity index (χ2v) is 5.69. The van der Waals surface area contributed by atoms with Crippen LogP contribution in [0.2, 0.25) is 0 Å². The van der Waals surface area contributed by atoms with E-state index in [4.69, 9.17) is 4.42 Å². The van der Waals surface area contributed by atoms with Crippen LogP contribution in [0, 0.1) is 0 Å². The van der Waals surface area contributed by atoms with Crippen molar-refractivity contribution in [1.82, 2.24) is 4.98 Å². The number of phenolic OH excluding ortho intramolecular Hbond substituents is 1. The smallest absolute Gasteiger partial charge is 0.347 e. The van der Waals surface area contributed by atoms with Gasteiger partial charge >= 0.3 is 5.63 Å². The molecule has 5 nitrogen and oxygen atoms in total. The van der Waals surface area contributed by atoms with E-state index in [0.717, 1.165) is 5.56 Å². The fraction of sp³-hybridized carbons (Fsp3) is 0. The third-order valence-electron chi connectivity index (χ3n) is 3.92. The van der Waals surface area contributed by atoms with Crippen molar-refractivity contribution >= 4 is 22.8 Å². The molecule has 26 heavy (non-hydrogen) atoms. The van der Waals surface area contributed by atoms with Gasteiger partial charge in [0.1, 0.15) is 5.75 Å². The first-order valence-electron chi connectivity index (χ1n) is 8.03. The fourth-order valence-electron chi connectivity index (χ4n) is 2.61. The van der Waals surface area contributed by atoms with Crippen LogP contribution in [-0.2, 0) is 0 Å². The van der Waals surface area contributed by atoms with Crippen LogP contribution in [0.3, 0.4) is 0 Å². The van der Waals surface area contributed by atoms with Crippen molar-refractivity contribution in [3.63, 3.8) is 0 Å². The number of rotatable bonds is 3. The van der Waals surface area contributed by atoms with Crippen LogP contribution < -0.4 is 5.63 Å². The lowest BCUT2D eigenvalue weighted by atomic mass is 10.1. The Morgan fingerprint density at radius 3 is 2.50 bits per heavy atom. The van der Waals surface area contributed by atoms with Crippen LogP contribution >= 0.6 is 0 Å². The minimum Gasteiger partial charge on any atom is -0.508 e. The van der Waals surface area contributed by atoms with E-state index in [0.29, 0.717) is 22.2 Å². The Morgan fingerprint density at radius 2 is 1.65 bits per heavy atom. The maximum absolute atomic E-state index is 12.2. The van der Waals surface area contributed by atoms with Gasteiger partial charge in [-0.15, -0.1) is 0 Å². The SMILES string of the molecule is O=c1oc(-c2ccccc2N=Cc2ccc(O)cc2)nc2ccccc12. The highest BCUT2D eigenvalue weighted by Crippen LogP contribution is 2.29. The van der Waals surface area contributed by atoms with E-state index in [-0.39, 0.29) is 11.6 Å². The van der Waals surface area contributed by atoms with Crippen molar-refractivity contribution in [2.24, 2.45) is 4.99 Å². The maximum Gasteiger partial charge on any atom is 0.347 e. The summed E-state index contributed by atoms with van der Waals surface area (Å²) in [7, 11) is 0. The van der Waals surface area contributed by atoms with E-state index >= 15 is 0 Å². The van der Waals surface area contributed by atoms with E-state index < -0.39 is 5.63 Å². The number of hydrogen-bond acceptors (Lipinski definition) is 5. The van der Waals surface area contributed by atoms with Crippen molar-refractivity contribution in [2.45, 2.75) is 0 Å². The molecule has 1 aromatic heterocycles. The van der Waals surface area contributed by atoms with Crippen LogP contribution in [0.5, 0.6) is 5.75 Å². The van der Waals surface area contributed by atoms with Crippen molar-refractivity contribution in [3.8, 4) is 17.2 Å². The van der Waals surface area contributed by atoms with Crippen LogP contribution in [0.1, 0.15) is 5.56 Å². The molecule has 0 atom stereocenters. The molecule has 0 aliphatic carbocycles. The number of phenols is 1. The fourth-order valence-corrected chi connectivity index (χ4v) is 2.61. The molecule has 0 radical (unpaired) electrons. The Hall–Kier alpha value is -3.73. The van der Waals surface area contributed by atoms with Crippen molar-refractivity contribution in [2.75, 3.05) is 0 Å². The molecule has 5 heteroatoms. The highest BCUT2D eigenvalue weighted by Gasteiger charge is 2.11. The van der Waals surface area contributed by atoms with E-state index in [1.165, 1.54) is 0 Å². The van der Waals surface area contributed by atoms with Crippen molar-refractivity contribution in [1.29, 1.82) is 0 Å². The predicted molar refractivity (Wildman–Crippen MR) is 101 cm³/mol. The molecule has 0 spiro atoms. The molecule has 0 saturated heterocycles. The average molecular weight is 342 g/mol. The summed E-state index contributed by atoms with van der Waals surface area (Å²) in [4.78, 5) is 21.2. The summed E-state index contributed by atoms with van der Waals surface area (Å²) in [6.07, 6.45) is 1.68. The molecule has 4 aromatic rings. The first kappa shape index (κ1) is 15.8. The minimum atomic E-state index is -0.428. The Morgan fingerprint density at radius 1 is 0.923 bits per heavy atom. The topological polar surface area (TPSA) is 75.7 Å². The van der Waals surface area contributed by atoms with Gasteiger partial charge in [0, 0.05) is 6.21 Å². The highest BCUT2D eigenvalue weighted by atomic mass is 16.4. The summed E-state index contributed by atoms with van der Waals surface area (Å²) in [5.41, 5.74) is 2.25. The lowest BCUT2D eigenvalue weighted by Gasteiger charge is -2.05. The normalized spacial score (nSPS) is 11.2. The van der Waals surface area contributed by atoms with Gasteiger partial charge in [0.05, 0.1) is 22.2 Å². The number of nitrogens with zero attached hydrogens (tertiary/aromatic N) is 2. The van der Waals surface area contributed by atoms with Gasteiger partial charge in [0.2, 0.25) is 5.89 Å². The molecular formula is C21H14N2O3. The Kier molecular flexibility index (Phi) is 4.03. The van der Waals surface area contributed by atoms with Crippen LogP contribution in [0.4, 0.5) is 5.69 Å². The summed E-state index contributed by atoms with van der Waals surface area (Å²) in [6, 6.07) is 21.1. The van der Waals surface area contributed by atoms with E-state index in [1.54, 1.807) is 48.7 Å². The quantitative estimate of drug-likeness (QED) is 0.563. The van der Waals surface area contributed by atoms with Gasteiger partial charge in [0.15, 0.2) is 0 Å². The number of aromatic nitrogens is 1. The Labute approximate surface area is 148 Å². The second-order valence-electron chi connectivity index (χ2n) is 5.69. The summed E-state index contributed by atoms with van der Waals surface area (Å²) in [5, 5.41) is 9.80. The molecule has 3 aromatic carbocycles. The third kappa shape index (κ3) is 3.10. The van der Waals surface area contributed by atoms with Gasteiger partial charge in [-0.05, 0) is 54.1 Å². The second kappa shape index (κ2) is 6.64. The minimum absolute atomic E-state index is 0.199. The lowest BCUT2D eigenvalue weighted by molar-refractivity contribution is 0.475. The molecule has 0 fully saturated rings. The maximum atomic E-state index is 12.2. The predicted octanol–water partition coefficient (Wildman–Crippen LogP) is 4.31. The van der Waals surface area contributed by atoms with Gasteiger partial charge in [0.25, 0.3) is 0 Å². The third-order valence-corrected chi connectivity index (χ3v) is 3.92. The zero-order chi connectivity index (χ0) is 17.9. The molecule has 1 N–H and O–H groups in total. The summed E-state index contributed by atoms with van der Waals surface area (Å²) in [5.74, 6) is 0.428. The van der Waals surface area contributed by atoms with Gasteiger partial charge in [-0.2, -0.15) is 0 Å². The Balaban J connectivity index is 1.79. The monoisotopic (exact) mass is 342 g/mol. The molecule has 126 valence electrons. The number of benzene rings is 3. The van der Waals surface area contributed by atoms with Gasteiger partial charge in [-0.25, -0.2) is 9.78 Å². The molecule has 0 bridgehead atoms. The number of para-hydroxylation sites is 2. The van der Waals surface area contributed by atoms with E-state index in [1.807, 2.05) is 30.3 Å². The van der Waals surface area contributed by atoms with Gasteiger partial charge in [-0.1, -0.05) is 24.3 Å². The molecule has 0 unspecified atom stereocenters. The molecule has 0 aliphatic rings. The van der Waals surface area contributed by atoms with E-state index in [9.17, 15) is 9.90 Å². The van der Waals surface area contributed by atoms with Crippen LogP contribution in [0.25, 0.3) is 22.4 Å².